The summed E-state index contributed by atoms with van der Waals surface area (Å²) in [6.45, 7) is 4.21. The number of para-hydroxylation sites is 2. The van der Waals surface area contributed by atoms with Gasteiger partial charge in [-0.3, -0.25) is 14.7 Å². The normalized spacial score (nSPS) is 15.5. The van der Waals surface area contributed by atoms with Gasteiger partial charge < -0.3 is 9.88 Å². The van der Waals surface area contributed by atoms with Crippen LogP contribution in [0.25, 0.3) is 11.0 Å². The summed E-state index contributed by atoms with van der Waals surface area (Å²) in [5.41, 5.74) is 3.06. The van der Waals surface area contributed by atoms with E-state index < -0.39 is 0 Å². The van der Waals surface area contributed by atoms with Crippen LogP contribution in [0.15, 0.2) is 48.7 Å². The molecular formula is C20H23N5O. The van der Waals surface area contributed by atoms with E-state index in [9.17, 15) is 4.79 Å². The minimum atomic E-state index is 0.211. The lowest BCUT2D eigenvalue weighted by atomic mass is 10.2. The average Bonchev–Trinajstić information content (AvgIpc) is 3.10. The number of benzene rings is 1. The number of carbonyl (C=O) groups is 1. The summed E-state index contributed by atoms with van der Waals surface area (Å²) in [6, 6.07) is 13.9. The zero-order chi connectivity index (χ0) is 17.8. The number of pyridine rings is 1. The Morgan fingerprint density at radius 1 is 1.04 bits per heavy atom. The van der Waals surface area contributed by atoms with Crippen LogP contribution in [-0.4, -0.2) is 56.8 Å². The fourth-order valence-electron chi connectivity index (χ4n) is 3.38. The van der Waals surface area contributed by atoms with Gasteiger partial charge in [0.25, 0.3) is 0 Å². The number of rotatable bonds is 5. The standard InChI is InChI=1S/C20H23N5O/c26-20(9-8-19-22-17-6-1-2-7-18(17)23-19)25-13-11-24(12-14-25)15-16-5-3-4-10-21-16/h1-7,10H,8-9,11-15H2,(H,22,23). The minimum absolute atomic E-state index is 0.211. The Bertz CT molecular complexity index is 835. The van der Waals surface area contributed by atoms with Gasteiger partial charge in [0.1, 0.15) is 5.82 Å². The Morgan fingerprint density at radius 2 is 1.85 bits per heavy atom. The number of piperazine rings is 1. The molecule has 1 aromatic carbocycles. The lowest BCUT2D eigenvalue weighted by Gasteiger charge is -2.34. The highest BCUT2D eigenvalue weighted by molar-refractivity contribution is 5.77. The minimum Gasteiger partial charge on any atom is -0.342 e. The number of hydrogen-bond acceptors (Lipinski definition) is 4. The predicted molar refractivity (Wildman–Crippen MR) is 101 cm³/mol. The second-order valence-corrected chi connectivity index (χ2v) is 6.68. The number of hydrogen-bond donors (Lipinski definition) is 1. The average molecular weight is 349 g/mol. The highest BCUT2D eigenvalue weighted by Crippen LogP contribution is 2.13. The monoisotopic (exact) mass is 349 g/mol. The number of carbonyl (C=O) groups excluding carboxylic acids is 1. The maximum Gasteiger partial charge on any atom is 0.223 e. The van der Waals surface area contributed by atoms with E-state index in [0.29, 0.717) is 12.8 Å². The Labute approximate surface area is 152 Å². The predicted octanol–water partition coefficient (Wildman–Crippen LogP) is 2.23. The molecule has 1 amide bonds. The summed E-state index contributed by atoms with van der Waals surface area (Å²) < 4.78 is 0. The fourth-order valence-corrected chi connectivity index (χ4v) is 3.38. The van der Waals surface area contributed by atoms with Crippen molar-refractivity contribution in [2.45, 2.75) is 19.4 Å². The molecule has 0 saturated carbocycles. The van der Waals surface area contributed by atoms with Gasteiger partial charge in [-0.1, -0.05) is 18.2 Å². The Kier molecular flexibility index (Phi) is 4.93. The lowest BCUT2D eigenvalue weighted by Crippen LogP contribution is -2.48. The van der Waals surface area contributed by atoms with Crippen LogP contribution >= 0.6 is 0 Å². The van der Waals surface area contributed by atoms with Crippen LogP contribution in [0.1, 0.15) is 17.9 Å². The molecule has 1 saturated heterocycles. The molecule has 3 aromatic rings. The highest BCUT2D eigenvalue weighted by atomic mass is 16.2. The number of H-pyrrole nitrogens is 1. The van der Waals surface area contributed by atoms with Gasteiger partial charge in [0.05, 0.1) is 16.7 Å². The third-order valence-corrected chi connectivity index (χ3v) is 4.85. The van der Waals surface area contributed by atoms with E-state index in [0.717, 1.165) is 55.3 Å². The molecule has 134 valence electrons. The molecule has 2 aromatic heterocycles. The quantitative estimate of drug-likeness (QED) is 0.767. The SMILES string of the molecule is O=C(CCc1nc2ccccc2[nH]1)N1CCN(Cc2ccccn2)CC1. The topological polar surface area (TPSA) is 65.1 Å². The Hall–Kier alpha value is -2.73. The van der Waals surface area contributed by atoms with Crippen molar-refractivity contribution in [2.24, 2.45) is 0 Å². The van der Waals surface area contributed by atoms with Crippen LogP contribution in [0.5, 0.6) is 0 Å². The molecule has 0 bridgehead atoms. The van der Waals surface area contributed by atoms with Crippen molar-refractivity contribution < 1.29 is 4.79 Å². The number of aryl methyl sites for hydroxylation is 1. The zero-order valence-corrected chi connectivity index (χ0v) is 14.8. The van der Waals surface area contributed by atoms with Gasteiger partial charge in [-0.05, 0) is 24.3 Å². The Morgan fingerprint density at radius 3 is 2.62 bits per heavy atom. The van der Waals surface area contributed by atoms with E-state index >= 15 is 0 Å². The fraction of sp³-hybridized carbons (Fsp3) is 0.350. The molecule has 3 heterocycles. The molecule has 0 aliphatic carbocycles. The van der Waals surface area contributed by atoms with Crippen molar-refractivity contribution in [1.82, 2.24) is 24.8 Å². The molecule has 0 radical (unpaired) electrons. The number of aromatic amines is 1. The van der Waals surface area contributed by atoms with E-state index in [1.165, 1.54) is 0 Å². The first-order valence-corrected chi connectivity index (χ1v) is 9.11. The summed E-state index contributed by atoms with van der Waals surface area (Å²) in [4.78, 5) is 29.0. The second-order valence-electron chi connectivity index (χ2n) is 6.68. The second kappa shape index (κ2) is 7.66. The maximum atomic E-state index is 12.5. The summed E-state index contributed by atoms with van der Waals surface area (Å²) in [5, 5.41) is 0. The van der Waals surface area contributed by atoms with Crippen LogP contribution in [-0.2, 0) is 17.8 Å². The van der Waals surface area contributed by atoms with Crippen molar-refractivity contribution in [3.8, 4) is 0 Å². The van der Waals surface area contributed by atoms with Gasteiger partial charge >= 0.3 is 0 Å². The largest absolute Gasteiger partial charge is 0.342 e. The highest BCUT2D eigenvalue weighted by Gasteiger charge is 2.21. The molecule has 6 nitrogen and oxygen atoms in total. The smallest absolute Gasteiger partial charge is 0.223 e. The Balaban J connectivity index is 1.25. The summed E-state index contributed by atoms with van der Waals surface area (Å²) >= 11 is 0. The number of fused-ring (bicyclic) bond motifs is 1. The number of nitrogens with one attached hydrogen (secondary N) is 1. The molecule has 1 aliphatic heterocycles. The van der Waals surface area contributed by atoms with Crippen molar-refractivity contribution >= 4 is 16.9 Å². The summed E-state index contributed by atoms with van der Waals surface area (Å²) in [7, 11) is 0. The third-order valence-electron chi connectivity index (χ3n) is 4.85. The zero-order valence-electron chi connectivity index (χ0n) is 14.8. The number of nitrogens with zero attached hydrogens (tertiary/aromatic N) is 4. The molecule has 0 unspecified atom stereocenters. The first-order valence-electron chi connectivity index (χ1n) is 9.11. The van der Waals surface area contributed by atoms with Crippen molar-refractivity contribution in [2.75, 3.05) is 26.2 Å². The molecule has 0 atom stereocenters. The van der Waals surface area contributed by atoms with Gasteiger partial charge in [-0.2, -0.15) is 0 Å². The van der Waals surface area contributed by atoms with Crippen molar-refractivity contribution in [3.63, 3.8) is 0 Å². The van der Waals surface area contributed by atoms with E-state index in [1.807, 2.05) is 53.6 Å². The molecule has 1 aliphatic rings. The van der Waals surface area contributed by atoms with Crippen LogP contribution < -0.4 is 0 Å². The maximum absolute atomic E-state index is 12.5. The number of imidazole rings is 1. The molecule has 4 rings (SSSR count). The summed E-state index contributed by atoms with van der Waals surface area (Å²) in [5.74, 6) is 1.09. The van der Waals surface area contributed by atoms with Crippen LogP contribution in [0.2, 0.25) is 0 Å². The van der Waals surface area contributed by atoms with E-state index in [2.05, 4.69) is 19.9 Å². The first kappa shape index (κ1) is 16.7. The van der Waals surface area contributed by atoms with Gasteiger partial charge in [-0.25, -0.2) is 4.98 Å². The van der Waals surface area contributed by atoms with Crippen molar-refractivity contribution in [3.05, 3.63) is 60.2 Å². The van der Waals surface area contributed by atoms with E-state index in [-0.39, 0.29) is 5.91 Å². The van der Waals surface area contributed by atoms with Crippen LogP contribution in [0.4, 0.5) is 0 Å². The molecule has 26 heavy (non-hydrogen) atoms. The molecule has 6 heteroatoms. The van der Waals surface area contributed by atoms with E-state index in [1.54, 1.807) is 0 Å². The number of amides is 1. The summed E-state index contributed by atoms with van der Waals surface area (Å²) in [6.07, 6.45) is 2.98. The van der Waals surface area contributed by atoms with Gasteiger partial charge in [0.2, 0.25) is 5.91 Å². The lowest BCUT2D eigenvalue weighted by molar-refractivity contribution is -0.133. The van der Waals surface area contributed by atoms with Crippen molar-refractivity contribution in [1.29, 1.82) is 0 Å². The van der Waals surface area contributed by atoms with E-state index in [4.69, 9.17) is 0 Å². The third kappa shape index (κ3) is 3.91. The molecule has 1 fully saturated rings. The number of aromatic nitrogens is 3. The van der Waals surface area contributed by atoms with Crippen LogP contribution in [0.3, 0.4) is 0 Å². The molecule has 0 spiro atoms. The van der Waals surface area contributed by atoms with Crippen LogP contribution in [0, 0.1) is 0 Å². The molecule has 1 N–H and O–H groups in total. The van der Waals surface area contributed by atoms with Gasteiger partial charge in [0.15, 0.2) is 0 Å². The van der Waals surface area contributed by atoms with Gasteiger partial charge in [-0.15, -0.1) is 0 Å². The first-order chi connectivity index (χ1) is 12.8. The molecular weight excluding hydrogens is 326 g/mol. The van der Waals surface area contributed by atoms with Gasteiger partial charge in [0, 0.05) is 51.8 Å².